The van der Waals surface area contributed by atoms with E-state index in [9.17, 15) is 0 Å². The zero-order chi connectivity index (χ0) is 8.72. The summed E-state index contributed by atoms with van der Waals surface area (Å²) in [6.45, 7) is 0. The van der Waals surface area contributed by atoms with Crippen LogP contribution in [-0.2, 0) is 0 Å². The first-order valence-corrected chi connectivity index (χ1v) is 4.86. The normalized spacial score (nSPS) is 10.9. The zero-order valence-corrected chi connectivity index (χ0v) is 8.96. The molecule has 1 N–H and O–H groups in total. The number of benzene rings is 1. The summed E-state index contributed by atoms with van der Waals surface area (Å²) in [5.41, 5.74) is 0.944. The van der Waals surface area contributed by atoms with Crippen LogP contribution in [0, 0.1) is 0 Å². The van der Waals surface area contributed by atoms with Gasteiger partial charge < -0.3 is 4.98 Å². The lowest BCUT2D eigenvalue weighted by atomic mass is 10.2. The van der Waals surface area contributed by atoms with E-state index >= 15 is 0 Å². The molecule has 12 heavy (non-hydrogen) atoms. The molecule has 0 radical (unpaired) electrons. The van der Waals surface area contributed by atoms with Crippen LogP contribution in [0.3, 0.4) is 0 Å². The second kappa shape index (κ2) is 2.95. The van der Waals surface area contributed by atoms with E-state index in [4.69, 9.17) is 23.2 Å². The van der Waals surface area contributed by atoms with Gasteiger partial charge in [-0.3, -0.25) is 0 Å². The van der Waals surface area contributed by atoms with Crippen LogP contribution in [0.2, 0.25) is 10.2 Å². The first-order chi connectivity index (χ1) is 5.70. The maximum absolute atomic E-state index is 5.95. The van der Waals surface area contributed by atoms with Crippen molar-refractivity contribution in [1.29, 1.82) is 0 Å². The minimum Gasteiger partial charge on any atom is -0.344 e. The van der Waals surface area contributed by atoms with Gasteiger partial charge in [0.05, 0.1) is 5.02 Å². The minimum atomic E-state index is 0.485. The van der Waals surface area contributed by atoms with Crippen LogP contribution in [0.25, 0.3) is 10.9 Å². The molecule has 1 nitrogen and oxygen atoms in total. The lowest BCUT2D eigenvalue weighted by molar-refractivity contribution is 1.47. The van der Waals surface area contributed by atoms with Crippen LogP contribution in [0.1, 0.15) is 0 Å². The molecule has 0 spiro atoms. The number of hydrogen-bond acceptors (Lipinski definition) is 0. The largest absolute Gasteiger partial charge is 0.344 e. The molecule has 0 saturated heterocycles. The van der Waals surface area contributed by atoms with Gasteiger partial charge in [-0.2, -0.15) is 0 Å². The number of halogens is 3. The molecule has 1 aromatic heterocycles. The molecule has 1 heterocycles. The Bertz CT molecular complexity index is 436. The topological polar surface area (TPSA) is 15.8 Å². The van der Waals surface area contributed by atoms with Gasteiger partial charge in [0.15, 0.2) is 0 Å². The Kier molecular flexibility index (Phi) is 2.07. The second-order valence-electron chi connectivity index (χ2n) is 2.42. The van der Waals surface area contributed by atoms with Gasteiger partial charge in [-0.15, -0.1) is 0 Å². The number of hydrogen-bond donors (Lipinski definition) is 1. The van der Waals surface area contributed by atoms with Gasteiger partial charge in [0.25, 0.3) is 0 Å². The average Bonchev–Trinajstić information content (AvgIpc) is 2.29. The monoisotopic (exact) mass is 263 g/mol. The summed E-state index contributed by atoms with van der Waals surface area (Å²) in [5.74, 6) is 0. The van der Waals surface area contributed by atoms with E-state index in [2.05, 4.69) is 20.9 Å². The number of nitrogens with one attached hydrogen (secondary N) is 1. The smallest absolute Gasteiger partial charge is 0.126 e. The van der Waals surface area contributed by atoms with Crippen molar-refractivity contribution in [1.82, 2.24) is 4.98 Å². The van der Waals surface area contributed by atoms with Crippen LogP contribution < -0.4 is 0 Å². The Morgan fingerprint density at radius 3 is 2.67 bits per heavy atom. The van der Waals surface area contributed by atoms with E-state index < -0.39 is 0 Å². The summed E-state index contributed by atoms with van der Waals surface area (Å²) < 4.78 is 0.952. The van der Waals surface area contributed by atoms with Gasteiger partial charge >= 0.3 is 0 Å². The van der Waals surface area contributed by atoms with Gasteiger partial charge in [0.1, 0.15) is 5.15 Å². The van der Waals surface area contributed by atoms with Crippen molar-refractivity contribution >= 4 is 50.0 Å². The molecule has 0 unspecified atom stereocenters. The highest BCUT2D eigenvalue weighted by Crippen LogP contribution is 2.35. The van der Waals surface area contributed by atoms with Crippen molar-refractivity contribution < 1.29 is 0 Å². The van der Waals surface area contributed by atoms with Crippen LogP contribution >= 0.6 is 39.1 Å². The maximum atomic E-state index is 5.95. The number of fused-ring (bicyclic) bond motifs is 1. The second-order valence-corrected chi connectivity index (χ2v) is 4.03. The fourth-order valence-electron chi connectivity index (χ4n) is 1.13. The summed E-state index contributed by atoms with van der Waals surface area (Å²) in [5, 5.41) is 1.99. The first kappa shape index (κ1) is 8.42. The van der Waals surface area contributed by atoms with E-state index in [1.807, 2.05) is 18.2 Å². The molecule has 0 aliphatic heterocycles. The molecular weight excluding hydrogens is 261 g/mol. The van der Waals surface area contributed by atoms with Crippen molar-refractivity contribution in [3.8, 4) is 0 Å². The standard InChI is InChI=1S/C8H4BrCl2N/c9-4-2-1-3-5-6(4)7(10)8(11)12-5/h1-3,12H. The molecule has 2 rings (SSSR count). The summed E-state index contributed by atoms with van der Waals surface area (Å²) in [6.07, 6.45) is 0. The van der Waals surface area contributed by atoms with Crippen LogP contribution in [0.15, 0.2) is 22.7 Å². The predicted molar refractivity (Wildman–Crippen MR) is 56.0 cm³/mol. The quantitative estimate of drug-likeness (QED) is 0.733. The summed E-state index contributed by atoms with van der Waals surface area (Å²) >= 11 is 15.2. The zero-order valence-electron chi connectivity index (χ0n) is 5.87. The van der Waals surface area contributed by atoms with E-state index in [0.29, 0.717) is 10.2 Å². The number of aromatic amines is 1. The van der Waals surface area contributed by atoms with Gasteiger partial charge in [-0.05, 0) is 12.1 Å². The molecule has 0 atom stereocenters. The van der Waals surface area contributed by atoms with Crippen LogP contribution in [0.5, 0.6) is 0 Å². The SMILES string of the molecule is Clc1[nH]c2cccc(Br)c2c1Cl. The lowest BCUT2D eigenvalue weighted by Gasteiger charge is -1.92. The van der Waals surface area contributed by atoms with E-state index in [1.54, 1.807) is 0 Å². The van der Waals surface area contributed by atoms with Gasteiger partial charge in [-0.1, -0.05) is 45.2 Å². The molecule has 0 aliphatic rings. The Balaban J connectivity index is 2.97. The molecular formula is C8H4BrCl2N. The van der Waals surface area contributed by atoms with E-state index in [-0.39, 0.29) is 0 Å². The van der Waals surface area contributed by atoms with Crippen LogP contribution in [-0.4, -0.2) is 4.98 Å². The molecule has 0 amide bonds. The highest BCUT2D eigenvalue weighted by Gasteiger charge is 2.09. The molecule has 2 aromatic rings. The Labute approximate surface area is 87.8 Å². The Morgan fingerprint density at radius 2 is 2.00 bits per heavy atom. The van der Waals surface area contributed by atoms with Crippen molar-refractivity contribution in [2.75, 3.05) is 0 Å². The van der Waals surface area contributed by atoms with Crippen molar-refractivity contribution in [2.24, 2.45) is 0 Å². The van der Waals surface area contributed by atoms with E-state index in [0.717, 1.165) is 15.4 Å². The minimum absolute atomic E-state index is 0.485. The third-order valence-corrected chi connectivity index (χ3v) is 3.09. The predicted octanol–water partition coefficient (Wildman–Crippen LogP) is 4.24. The fourth-order valence-corrected chi connectivity index (χ4v) is 2.26. The van der Waals surface area contributed by atoms with Gasteiger partial charge in [0.2, 0.25) is 0 Å². The lowest BCUT2D eigenvalue weighted by Crippen LogP contribution is -1.67. The third kappa shape index (κ3) is 1.15. The van der Waals surface area contributed by atoms with Crippen LogP contribution in [0.4, 0.5) is 0 Å². The van der Waals surface area contributed by atoms with Gasteiger partial charge in [-0.25, -0.2) is 0 Å². The first-order valence-electron chi connectivity index (χ1n) is 3.31. The Morgan fingerprint density at radius 1 is 1.25 bits per heavy atom. The number of rotatable bonds is 0. The maximum Gasteiger partial charge on any atom is 0.126 e. The molecule has 4 heteroatoms. The summed E-state index contributed by atoms with van der Waals surface area (Å²) in [6, 6.07) is 5.78. The van der Waals surface area contributed by atoms with Crippen molar-refractivity contribution in [2.45, 2.75) is 0 Å². The average molecular weight is 265 g/mol. The molecule has 0 aliphatic carbocycles. The van der Waals surface area contributed by atoms with Gasteiger partial charge in [0, 0.05) is 15.4 Å². The third-order valence-electron chi connectivity index (χ3n) is 1.67. The number of aromatic nitrogens is 1. The molecule has 0 fully saturated rings. The summed E-state index contributed by atoms with van der Waals surface area (Å²) in [4.78, 5) is 2.97. The molecule has 0 saturated carbocycles. The highest BCUT2D eigenvalue weighted by atomic mass is 79.9. The Hall–Kier alpha value is -0.180. The molecule has 62 valence electrons. The fraction of sp³-hybridized carbons (Fsp3) is 0. The molecule has 1 aromatic carbocycles. The number of H-pyrrole nitrogens is 1. The van der Waals surface area contributed by atoms with E-state index in [1.165, 1.54) is 0 Å². The molecule has 0 bridgehead atoms. The van der Waals surface area contributed by atoms with Crippen molar-refractivity contribution in [3.05, 3.63) is 32.8 Å². The summed E-state index contributed by atoms with van der Waals surface area (Å²) in [7, 11) is 0. The van der Waals surface area contributed by atoms with Crippen molar-refractivity contribution in [3.63, 3.8) is 0 Å². The highest BCUT2D eigenvalue weighted by molar-refractivity contribution is 9.10.